The molecule has 13 heteroatoms. The fraction of sp³-hybridized carbons (Fsp3) is 0.429. The fourth-order valence-corrected chi connectivity index (χ4v) is 4.38. The van der Waals surface area contributed by atoms with Gasteiger partial charge >= 0.3 is 6.09 Å². The first-order chi connectivity index (χ1) is 16.3. The van der Waals surface area contributed by atoms with Crippen molar-refractivity contribution in [3.05, 3.63) is 23.4 Å². The number of nitrogen functional groups attached to an aromatic ring is 2. The number of aromatic nitrogens is 4. The predicted molar refractivity (Wildman–Crippen MR) is 132 cm³/mol. The van der Waals surface area contributed by atoms with Crippen molar-refractivity contribution < 1.29 is 9.53 Å². The number of halogens is 1. The summed E-state index contributed by atoms with van der Waals surface area (Å²) in [6, 6.07) is 3.84. The second-order valence-electron chi connectivity index (χ2n) is 8.77. The topological polar surface area (TPSA) is 161 Å². The van der Waals surface area contributed by atoms with Crippen LogP contribution in [0.4, 0.5) is 39.4 Å². The van der Waals surface area contributed by atoms with Gasteiger partial charge in [0.2, 0.25) is 5.95 Å². The molecule has 1 aliphatic heterocycles. The number of carbonyl (C=O) groups is 1. The summed E-state index contributed by atoms with van der Waals surface area (Å²) in [6.45, 7) is 3.33. The highest BCUT2D eigenvalue weighted by Crippen LogP contribution is 2.39. The lowest BCUT2D eigenvalue weighted by atomic mass is 10.1. The number of hydrogen-bond donors (Lipinski definition) is 5. The lowest BCUT2D eigenvalue weighted by molar-refractivity contribution is 0.165. The molecule has 0 unspecified atom stereocenters. The maximum absolute atomic E-state index is 11.7. The number of amides is 1. The van der Waals surface area contributed by atoms with E-state index in [1.807, 2.05) is 6.07 Å². The lowest BCUT2D eigenvalue weighted by Gasteiger charge is -2.22. The summed E-state index contributed by atoms with van der Waals surface area (Å²) in [5.41, 5.74) is 14.7. The number of alkyl carbamates (subject to hydrolysis) is 1. The van der Waals surface area contributed by atoms with Gasteiger partial charge in [0.25, 0.3) is 0 Å². The number of carbonyl (C=O) groups excluding carboxylic acids is 1. The SMILES string of the molecule is COC(=O)N[C@@H]1CN(c2cc(N)cc(Nc3nc(NC4CC4)c4ncc(N)n4n3)c2Cl)C[C@@H]1C. The van der Waals surface area contributed by atoms with E-state index in [2.05, 4.69) is 42.8 Å². The number of imidazole rings is 1. The number of anilines is 6. The largest absolute Gasteiger partial charge is 0.453 e. The van der Waals surface area contributed by atoms with Gasteiger partial charge in [0, 0.05) is 24.8 Å². The van der Waals surface area contributed by atoms with Crippen molar-refractivity contribution in [1.82, 2.24) is 24.9 Å². The van der Waals surface area contributed by atoms with E-state index in [-0.39, 0.29) is 12.0 Å². The lowest BCUT2D eigenvalue weighted by Crippen LogP contribution is -2.39. The number of fused-ring (bicyclic) bond motifs is 1. The van der Waals surface area contributed by atoms with E-state index >= 15 is 0 Å². The molecule has 2 fully saturated rings. The van der Waals surface area contributed by atoms with Gasteiger partial charge in [0.1, 0.15) is 5.82 Å². The Morgan fingerprint density at radius 3 is 2.79 bits per heavy atom. The summed E-state index contributed by atoms with van der Waals surface area (Å²) in [5, 5.41) is 14.4. The van der Waals surface area contributed by atoms with Crippen LogP contribution in [0.3, 0.4) is 0 Å². The molecule has 7 N–H and O–H groups in total. The quantitative estimate of drug-likeness (QED) is 0.327. The Bertz CT molecular complexity index is 1240. The van der Waals surface area contributed by atoms with Crippen LogP contribution in [0.5, 0.6) is 0 Å². The molecule has 3 heterocycles. The number of benzene rings is 1. The van der Waals surface area contributed by atoms with Crippen LogP contribution < -0.4 is 32.3 Å². The van der Waals surface area contributed by atoms with Crippen LogP contribution in [0.2, 0.25) is 5.02 Å². The first-order valence-corrected chi connectivity index (χ1v) is 11.4. The molecule has 180 valence electrons. The second-order valence-corrected chi connectivity index (χ2v) is 9.15. The average molecular weight is 487 g/mol. The van der Waals surface area contributed by atoms with Gasteiger partial charge in [0.05, 0.1) is 35.7 Å². The van der Waals surface area contributed by atoms with E-state index in [0.29, 0.717) is 58.8 Å². The predicted octanol–water partition coefficient (Wildman–Crippen LogP) is 2.44. The number of ether oxygens (including phenoxy) is 1. The number of rotatable bonds is 6. The van der Waals surface area contributed by atoms with Crippen molar-refractivity contribution in [2.75, 3.05) is 47.2 Å². The highest BCUT2D eigenvalue weighted by atomic mass is 35.5. The normalized spacial score (nSPS) is 19.9. The number of methoxy groups -OCH3 is 1. The zero-order valence-corrected chi connectivity index (χ0v) is 19.6. The fourth-order valence-electron chi connectivity index (χ4n) is 4.10. The molecule has 2 aromatic heterocycles. The number of nitrogens with zero attached hydrogens (tertiary/aromatic N) is 5. The van der Waals surface area contributed by atoms with E-state index in [9.17, 15) is 4.79 Å². The molecule has 2 aliphatic rings. The molecule has 2 atom stereocenters. The molecule has 1 aromatic carbocycles. The standard InChI is InChI=1S/C21H27ClN10O2/c1-10-8-31(9-14(10)28-21(33)34-2)15-6-11(23)5-13(17(15)22)27-20-29-18(26-12-3-4-12)19-25-7-16(24)32(19)30-20/h5-7,10,12,14H,3-4,8-9,23-24H2,1-2H3,(H,28,33)(H2,26,27,29,30)/t10-,14+/m0/s1. The molecule has 1 saturated heterocycles. The Morgan fingerprint density at radius 2 is 2.06 bits per heavy atom. The Morgan fingerprint density at radius 1 is 1.26 bits per heavy atom. The summed E-state index contributed by atoms with van der Waals surface area (Å²) in [5.74, 6) is 1.49. The molecule has 0 radical (unpaired) electrons. The highest BCUT2D eigenvalue weighted by molar-refractivity contribution is 6.36. The molecular formula is C21H27ClN10O2. The maximum Gasteiger partial charge on any atom is 0.407 e. The smallest absolute Gasteiger partial charge is 0.407 e. The highest BCUT2D eigenvalue weighted by Gasteiger charge is 2.32. The average Bonchev–Trinajstić information content (AvgIpc) is 3.44. The van der Waals surface area contributed by atoms with Gasteiger partial charge in [-0.3, -0.25) is 0 Å². The molecule has 5 rings (SSSR count). The third kappa shape index (κ3) is 4.28. The van der Waals surface area contributed by atoms with Crippen LogP contribution in [-0.2, 0) is 4.74 Å². The second kappa shape index (κ2) is 8.60. The summed E-state index contributed by atoms with van der Waals surface area (Å²) < 4.78 is 6.28. The Kier molecular flexibility index (Phi) is 5.60. The molecule has 0 bridgehead atoms. The van der Waals surface area contributed by atoms with Crippen molar-refractivity contribution in [3.63, 3.8) is 0 Å². The number of hydrogen-bond acceptors (Lipinski definition) is 10. The molecule has 0 spiro atoms. The molecule has 1 saturated carbocycles. The van der Waals surface area contributed by atoms with Crippen LogP contribution in [-0.4, -0.2) is 58.0 Å². The first-order valence-electron chi connectivity index (χ1n) is 11.1. The van der Waals surface area contributed by atoms with Crippen LogP contribution in [0.25, 0.3) is 5.65 Å². The third-order valence-corrected chi connectivity index (χ3v) is 6.47. The minimum absolute atomic E-state index is 0.0765. The zero-order valence-electron chi connectivity index (χ0n) is 18.9. The summed E-state index contributed by atoms with van der Waals surface area (Å²) >= 11 is 6.81. The molecule has 12 nitrogen and oxygen atoms in total. The molecule has 1 amide bonds. The maximum atomic E-state index is 11.7. The van der Waals surface area contributed by atoms with Crippen LogP contribution >= 0.6 is 11.6 Å². The van der Waals surface area contributed by atoms with Crippen LogP contribution in [0.15, 0.2) is 18.3 Å². The van der Waals surface area contributed by atoms with E-state index < -0.39 is 6.09 Å². The minimum Gasteiger partial charge on any atom is -0.453 e. The van der Waals surface area contributed by atoms with Gasteiger partial charge in [-0.25, -0.2) is 9.78 Å². The van der Waals surface area contributed by atoms with E-state index in [0.717, 1.165) is 18.5 Å². The molecule has 3 aromatic rings. The molecule has 34 heavy (non-hydrogen) atoms. The van der Waals surface area contributed by atoms with Crippen molar-refractivity contribution in [2.45, 2.75) is 31.8 Å². The number of nitrogens with two attached hydrogens (primary N) is 2. The van der Waals surface area contributed by atoms with Gasteiger partial charge < -0.3 is 37.1 Å². The van der Waals surface area contributed by atoms with Crippen molar-refractivity contribution in [1.29, 1.82) is 0 Å². The van der Waals surface area contributed by atoms with Gasteiger partial charge in [0.15, 0.2) is 11.5 Å². The van der Waals surface area contributed by atoms with Gasteiger partial charge in [-0.05, 0) is 30.9 Å². The van der Waals surface area contributed by atoms with Gasteiger partial charge in [-0.15, -0.1) is 5.10 Å². The Hall–Kier alpha value is -3.67. The Balaban J connectivity index is 1.44. The third-order valence-electron chi connectivity index (χ3n) is 6.07. The van der Waals surface area contributed by atoms with E-state index in [1.165, 1.54) is 11.6 Å². The number of nitrogens with one attached hydrogen (secondary N) is 3. The Labute approximate surface area is 201 Å². The molecule has 1 aliphatic carbocycles. The summed E-state index contributed by atoms with van der Waals surface area (Å²) in [4.78, 5) is 22.7. The van der Waals surface area contributed by atoms with E-state index in [4.69, 9.17) is 27.8 Å². The summed E-state index contributed by atoms with van der Waals surface area (Å²) in [7, 11) is 1.35. The van der Waals surface area contributed by atoms with E-state index in [1.54, 1.807) is 12.3 Å². The van der Waals surface area contributed by atoms with Crippen molar-refractivity contribution >= 4 is 58.0 Å². The monoisotopic (exact) mass is 486 g/mol. The van der Waals surface area contributed by atoms with Gasteiger partial charge in [-0.2, -0.15) is 9.50 Å². The zero-order chi connectivity index (χ0) is 24.0. The minimum atomic E-state index is -0.457. The molecular weight excluding hydrogens is 460 g/mol. The van der Waals surface area contributed by atoms with Crippen LogP contribution in [0.1, 0.15) is 19.8 Å². The summed E-state index contributed by atoms with van der Waals surface area (Å²) in [6.07, 6.45) is 3.26. The van der Waals surface area contributed by atoms with Crippen molar-refractivity contribution in [2.24, 2.45) is 5.92 Å². The van der Waals surface area contributed by atoms with Crippen molar-refractivity contribution in [3.8, 4) is 0 Å². The van der Waals surface area contributed by atoms with Crippen LogP contribution in [0, 0.1) is 5.92 Å². The van der Waals surface area contributed by atoms with Gasteiger partial charge in [-0.1, -0.05) is 18.5 Å². The first kappa shape index (κ1) is 22.1.